The van der Waals surface area contributed by atoms with Gasteiger partial charge in [0.2, 0.25) is 0 Å². The number of hydrogen-bond donors (Lipinski definition) is 0. The third kappa shape index (κ3) is 3.14. The van der Waals surface area contributed by atoms with Crippen LogP contribution in [0.25, 0.3) is 76.9 Å². The zero-order valence-electron chi connectivity index (χ0n) is 19.8. The van der Waals surface area contributed by atoms with Gasteiger partial charge in [-0.2, -0.15) is 0 Å². The second-order valence-electron chi connectivity index (χ2n) is 9.46. The molecule has 3 nitrogen and oxygen atoms in total. The van der Waals surface area contributed by atoms with Gasteiger partial charge >= 0.3 is 0 Å². The van der Waals surface area contributed by atoms with E-state index in [1.807, 2.05) is 24.4 Å². The molecule has 3 heteroatoms. The fourth-order valence-electron chi connectivity index (χ4n) is 5.45. The summed E-state index contributed by atoms with van der Waals surface area (Å²) in [5, 5.41) is 6.96. The van der Waals surface area contributed by atoms with Crippen LogP contribution in [0.2, 0.25) is 0 Å². The summed E-state index contributed by atoms with van der Waals surface area (Å²) in [4.78, 5) is 9.58. The number of benzene rings is 5. The number of hydrogen-bond acceptors (Lipinski definition) is 3. The van der Waals surface area contributed by atoms with Gasteiger partial charge in [-0.25, -0.2) is 4.98 Å². The standard InChI is InChI=1S/C34H20N2O/c1-2-6-30-28(5-1)32-27-16-13-25(20-26(27)15-18-31(32)37-30)21-7-9-22(10-8-21)29-17-14-24-12-11-23-4-3-19-35-33(23)34(24)36-29/h1-20H. The highest BCUT2D eigenvalue weighted by atomic mass is 16.3. The fourth-order valence-corrected chi connectivity index (χ4v) is 5.45. The van der Waals surface area contributed by atoms with Crippen LogP contribution in [0.3, 0.4) is 0 Å². The fraction of sp³-hybridized carbons (Fsp3) is 0. The predicted molar refractivity (Wildman–Crippen MR) is 153 cm³/mol. The van der Waals surface area contributed by atoms with Crippen molar-refractivity contribution in [1.82, 2.24) is 9.97 Å². The van der Waals surface area contributed by atoms with Gasteiger partial charge in [0.1, 0.15) is 11.2 Å². The molecule has 0 spiro atoms. The minimum Gasteiger partial charge on any atom is -0.456 e. The molecule has 0 radical (unpaired) electrons. The van der Waals surface area contributed by atoms with Gasteiger partial charge in [0.25, 0.3) is 0 Å². The predicted octanol–water partition coefficient (Wildman–Crippen LogP) is 9.17. The van der Waals surface area contributed by atoms with Gasteiger partial charge in [0, 0.05) is 33.3 Å². The molecule has 0 fully saturated rings. The van der Waals surface area contributed by atoms with E-state index in [-0.39, 0.29) is 0 Å². The molecule has 172 valence electrons. The first-order valence-corrected chi connectivity index (χ1v) is 12.4. The summed E-state index contributed by atoms with van der Waals surface area (Å²) in [6.45, 7) is 0. The molecule has 0 saturated heterocycles. The third-order valence-corrected chi connectivity index (χ3v) is 7.30. The number of nitrogens with zero attached hydrogens (tertiary/aromatic N) is 2. The maximum atomic E-state index is 6.07. The molecule has 0 aliphatic rings. The van der Waals surface area contributed by atoms with Crippen molar-refractivity contribution in [1.29, 1.82) is 0 Å². The van der Waals surface area contributed by atoms with Gasteiger partial charge in [-0.05, 0) is 52.2 Å². The highest BCUT2D eigenvalue weighted by Crippen LogP contribution is 2.36. The lowest BCUT2D eigenvalue weighted by Crippen LogP contribution is -1.89. The van der Waals surface area contributed by atoms with Gasteiger partial charge in [-0.1, -0.05) is 84.9 Å². The average Bonchev–Trinajstić information content (AvgIpc) is 3.36. The first-order valence-electron chi connectivity index (χ1n) is 12.4. The average molecular weight is 473 g/mol. The Kier molecular flexibility index (Phi) is 4.23. The Balaban J connectivity index is 1.20. The first kappa shape index (κ1) is 20.2. The van der Waals surface area contributed by atoms with Crippen molar-refractivity contribution in [2.24, 2.45) is 0 Å². The molecule has 0 bridgehead atoms. The van der Waals surface area contributed by atoms with Gasteiger partial charge in [-0.15, -0.1) is 0 Å². The molecule has 0 N–H and O–H groups in total. The van der Waals surface area contributed by atoms with Crippen LogP contribution in [-0.4, -0.2) is 9.97 Å². The molecular formula is C34H20N2O. The molecule has 8 rings (SSSR count). The SMILES string of the molecule is c1cnc2c(c1)ccc1ccc(-c3ccc(-c4ccc5c(ccc6oc7ccccc7c65)c4)cc3)nc12. The number of aromatic nitrogens is 2. The Labute approximate surface area is 212 Å². The summed E-state index contributed by atoms with van der Waals surface area (Å²) in [5.41, 5.74) is 8.13. The molecule has 3 aromatic heterocycles. The van der Waals surface area contributed by atoms with E-state index in [0.717, 1.165) is 49.6 Å². The lowest BCUT2D eigenvalue weighted by molar-refractivity contribution is 0.669. The Morgan fingerprint density at radius 1 is 0.486 bits per heavy atom. The van der Waals surface area contributed by atoms with E-state index < -0.39 is 0 Å². The van der Waals surface area contributed by atoms with Crippen molar-refractivity contribution >= 4 is 54.5 Å². The monoisotopic (exact) mass is 472 g/mol. The minimum absolute atomic E-state index is 0.927. The summed E-state index contributed by atoms with van der Waals surface area (Å²) >= 11 is 0. The van der Waals surface area contributed by atoms with Crippen LogP contribution in [0, 0.1) is 0 Å². The Hall–Kier alpha value is -5.02. The summed E-state index contributed by atoms with van der Waals surface area (Å²) < 4.78 is 6.07. The first-order chi connectivity index (χ1) is 18.3. The largest absolute Gasteiger partial charge is 0.456 e. The summed E-state index contributed by atoms with van der Waals surface area (Å²) in [5.74, 6) is 0. The van der Waals surface area contributed by atoms with Crippen LogP contribution in [0.15, 0.2) is 126 Å². The number of para-hydroxylation sites is 1. The lowest BCUT2D eigenvalue weighted by Gasteiger charge is -2.08. The Morgan fingerprint density at radius 2 is 1.24 bits per heavy atom. The number of fused-ring (bicyclic) bond motifs is 8. The molecule has 3 heterocycles. The van der Waals surface area contributed by atoms with Crippen molar-refractivity contribution in [3.8, 4) is 22.4 Å². The highest BCUT2D eigenvalue weighted by molar-refractivity contribution is 6.19. The lowest BCUT2D eigenvalue weighted by atomic mass is 9.97. The van der Waals surface area contributed by atoms with Gasteiger partial charge in [0.15, 0.2) is 0 Å². The quantitative estimate of drug-likeness (QED) is 0.235. The highest BCUT2D eigenvalue weighted by Gasteiger charge is 2.11. The van der Waals surface area contributed by atoms with Gasteiger partial charge in [-0.3, -0.25) is 4.98 Å². The molecule has 0 atom stereocenters. The van der Waals surface area contributed by atoms with Crippen LogP contribution < -0.4 is 0 Å². The topological polar surface area (TPSA) is 38.9 Å². The zero-order chi connectivity index (χ0) is 24.3. The smallest absolute Gasteiger partial charge is 0.136 e. The normalized spacial score (nSPS) is 11.8. The molecule has 8 aromatic rings. The van der Waals surface area contributed by atoms with Crippen LogP contribution in [0.1, 0.15) is 0 Å². The second-order valence-corrected chi connectivity index (χ2v) is 9.46. The summed E-state index contributed by atoms with van der Waals surface area (Å²) in [6.07, 6.45) is 1.83. The second kappa shape index (κ2) is 7.74. The molecule has 5 aromatic carbocycles. The zero-order valence-corrected chi connectivity index (χ0v) is 19.8. The van der Waals surface area contributed by atoms with Crippen molar-refractivity contribution in [2.75, 3.05) is 0 Å². The third-order valence-electron chi connectivity index (χ3n) is 7.30. The van der Waals surface area contributed by atoms with E-state index in [1.54, 1.807) is 0 Å². The van der Waals surface area contributed by atoms with Gasteiger partial charge < -0.3 is 4.42 Å². The Bertz CT molecular complexity index is 2140. The number of furan rings is 1. The molecule has 0 saturated carbocycles. The van der Waals surface area contributed by atoms with E-state index in [9.17, 15) is 0 Å². The van der Waals surface area contributed by atoms with Crippen LogP contribution in [0.5, 0.6) is 0 Å². The number of pyridine rings is 2. The molecular weight excluding hydrogens is 452 g/mol. The summed E-state index contributed by atoms with van der Waals surface area (Å²) in [7, 11) is 0. The van der Waals surface area contributed by atoms with E-state index in [0.29, 0.717) is 0 Å². The molecule has 0 unspecified atom stereocenters. The van der Waals surface area contributed by atoms with Crippen molar-refractivity contribution in [2.45, 2.75) is 0 Å². The van der Waals surface area contributed by atoms with Crippen molar-refractivity contribution < 1.29 is 4.42 Å². The van der Waals surface area contributed by atoms with Crippen LogP contribution in [-0.2, 0) is 0 Å². The molecule has 0 aliphatic carbocycles. The Morgan fingerprint density at radius 3 is 2.16 bits per heavy atom. The van der Waals surface area contributed by atoms with Crippen molar-refractivity contribution in [3.05, 3.63) is 121 Å². The van der Waals surface area contributed by atoms with E-state index in [1.165, 1.54) is 27.3 Å². The van der Waals surface area contributed by atoms with E-state index in [2.05, 4.69) is 102 Å². The van der Waals surface area contributed by atoms with Crippen LogP contribution >= 0.6 is 0 Å². The molecule has 0 amide bonds. The maximum absolute atomic E-state index is 6.07. The van der Waals surface area contributed by atoms with E-state index in [4.69, 9.17) is 9.40 Å². The minimum atomic E-state index is 0.927. The number of rotatable bonds is 2. The summed E-state index contributed by atoms with van der Waals surface area (Å²) in [6, 6.07) is 40.3. The molecule has 0 aliphatic heterocycles. The van der Waals surface area contributed by atoms with E-state index >= 15 is 0 Å². The maximum Gasteiger partial charge on any atom is 0.136 e. The van der Waals surface area contributed by atoms with Crippen molar-refractivity contribution in [3.63, 3.8) is 0 Å². The molecule has 37 heavy (non-hydrogen) atoms. The van der Waals surface area contributed by atoms with Crippen LogP contribution in [0.4, 0.5) is 0 Å². The van der Waals surface area contributed by atoms with Gasteiger partial charge in [0.05, 0.1) is 16.7 Å².